The summed E-state index contributed by atoms with van der Waals surface area (Å²) in [6, 6.07) is 10.5. The molecule has 0 radical (unpaired) electrons. The van der Waals surface area contributed by atoms with Crippen LogP contribution in [0.5, 0.6) is 0 Å². The van der Waals surface area contributed by atoms with E-state index in [1.54, 1.807) is 0 Å². The number of hydrogen-bond donors (Lipinski definition) is 1. The van der Waals surface area contributed by atoms with Crippen molar-refractivity contribution in [2.75, 3.05) is 6.54 Å². The van der Waals surface area contributed by atoms with Gasteiger partial charge in [-0.2, -0.15) is 5.26 Å². The Balaban J connectivity index is 2.18. The maximum absolute atomic E-state index is 8.63. The van der Waals surface area contributed by atoms with Crippen molar-refractivity contribution < 1.29 is 0 Å². The van der Waals surface area contributed by atoms with Gasteiger partial charge in [0, 0.05) is 6.04 Å². The van der Waals surface area contributed by atoms with E-state index in [-0.39, 0.29) is 0 Å². The Kier molecular flexibility index (Phi) is 2.29. The van der Waals surface area contributed by atoms with Crippen LogP contribution in [0.3, 0.4) is 0 Å². The van der Waals surface area contributed by atoms with Crippen LogP contribution in [0.25, 0.3) is 0 Å². The van der Waals surface area contributed by atoms with E-state index in [0.29, 0.717) is 6.04 Å². The zero-order chi connectivity index (χ0) is 9.10. The number of nitrogens with one attached hydrogen (secondary N) is 1. The van der Waals surface area contributed by atoms with Crippen molar-refractivity contribution in [2.45, 2.75) is 18.9 Å². The van der Waals surface area contributed by atoms with Gasteiger partial charge < -0.3 is 5.32 Å². The van der Waals surface area contributed by atoms with Gasteiger partial charge in [-0.3, -0.25) is 0 Å². The molecule has 1 atom stereocenters. The molecule has 1 saturated heterocycles. The third kappa shape index (κ3) is 1.71. The fourth-order valence-corrected chi connectivity index (χ4v) is 1.76. The van der Waals surface area contributed by atoms with Crippen LogP contribution < -0.4 is 5.32 Å². The molecule has 0 spiro atoms. The molecular weight excluding hydrogens is 160 g/mol. The van der Waals surface area contributed by atoms with E-state index in [9.17, 15) is 0 Å². The Morgan fingerprint density at radius 2 is 2.08 bits per heavy atom. The minimum Gasteiger partial charge on any atom is -0.310 e. The van der Waals surface area contributed by atoms with Crippen LogP contribution in [0.1, 0.15) is 30.0 Å². The average Bonchev–Trinajstić information content (AvgIpc) is 2.71. The summed E-state index contributed by atoms with van der Waals surface area (Å²) in [6.45, 7) is 1.12. The Labute approximate surface area is 78.2 Å². The molecule has 13 heavy (non-hydrogen) atoms. The van der Waals surface area contributed by atoms with Crippen LogP contribution in [-0.4, -0.2) is 6.54 Å². The second-order valence-corrected chi connectivity index (χ2v) is 3.38. The lowest BCUT2D eigenvalue weighted by atomic mass is 10.0. The highest BCUT2D eigenvalue weighted by Crippen LogP contribution is 2.22. The van der Waals surface area contributed by atoms with Crippen molar-refractivity contribution >= 4 is 0 Å². The van der Waals surface area contributed by atoms with Gasteiger partial charge in [0.1, 0.15) is 0 Å². The highest BCUT2D eigenvalue weighted by Gasteiger charge is 2.15. The Hall–Kier alpha value is -1.33. The standard InChI is InChI=1S/C11H12N2/c12-8-9-3-5-10(6-4-9)11-2-1-7-13-11/h3-6,11,13H,1-2,7H2/t11-/m1/s1. The second-order valence-electron chi connectivity index (χ2n) is 3.38. The number of nitrogens with zero attached hydrogens (tertiary/aromatic N) is 1. The molecule has 0 aromatic heterocycles. The molecule has 1 aromatic carbocycles. The summed E-state index contributed by atoms with van der Waals surface area (Å²) < 4.78 is 0. The summed E-state index contributed by atoms with van der Waals surface area (Å²) in [5.74, 6) is 0. The zero-order valence-corrected chi connectivity index (χ0v) is 7.46. The van der Waals surface area contributed by atoms with E-state index in [4.69, 9.17) is 5.26 Å². The molecule has 0 amide bonds. The molecular formula is C11H12N2. The maximum atomic E-state index is 8.63. The largest absolute Gasteiger partial charge is 0.310 e. The van der Waals surface area contributed by atoms with Gasteiger partial charge in [-0.15, -0.1) is 0 Å². The molecule has 1 aromatic rings. The fourth-order valence-electron chi connectivity index (χ4n) is 1.76. The Morgan fingerprint density at radius 3 is 2.62 bits per heavy atom. The molecule has 1 heterocycles. The van der Waals surface area contributed by atoms with E-state index in [2.05, 4.69) is 11.4 Å². The van der Waals surface area contributed by atoms with Crippen molar-refractivity contribution in [3.63, 3.8) is 0 Å². The first-order valence-electron chi connectivity index (χ1n) is 4.63. The SMILES string of the molecule is N#Cc1ccc([C@H]2CCCN2)cc1. The summed E-state index contributed by atoms with van der Waals surface area (Å²) in [6.07, 6.45) is 2.47. The fraction of sp³-hybridized carbons (Fsp3) is 0.364. The van der Waals surface area contributed by atoms with Gasteiger partial charge in [0.2, 0.25) is 0 Å². The summed E-state index contributed by atoms with van der Waals surface area (Å²) in [7, 11) is 0. The van der Waals surface area contributed by atoms with Crippen molar-refractivity contribution in [2.24, 2.45) is 0 Å². The summed E-state index contributed by atoms with van der Waals surface area (Å²) in [5, 5.41) is 12.1. The predicted molar refractivity (Wildman–Crippen MR) is 51.1 cm³/mol. The molecule has 1 N–H and O–H groups in total. The lowest BCUT2D eigenvalue weighted by Crippen LogP contribution is -2.12. The van der Waals surface area contributed by atoms with Crippen LogP contribution in [-0.2, 0) is 0 Å². The van der Waals surface area contributed by atoms with Gasteiger partial charge >= 0.3 is 0 Å². The van der Waals surface area contributed by atoms with Crippen LogP contribution in [0.2, 0.25) is 0 Å². The molecule has 0 aliphatic carbocycles. The molecule has 0 saturated carbocycles. The molecule has 1 fully saturated rings. The quantitative estimate of drug-likeness (QED) is 0.703. The van der Waals surface area contributed by atoms with Gasteiger partial charge in [-0.1, -0.05) is 12.1 Å². The van der Waals surface area contributed by atoms with Gasteiger partial charge in [0.15, 0.2) is 0 Å². The molecule has 2 heteroatoms. The molecule has 2 nitrogen and oxygen atoms in total. The van der Waals surface area contributed by atoms with E-state index in [1.807, 2.05) is 24.3 Å². The van der Waals surface area contributed by atoms with Gasteiger partial charge in [0.05, 0.1) is 11.6 Å². The molecule has 0 bridgehead atoms. The Bertz CT molecular complexity index is 315. The van der Waals surface area contributed by atoms with Crippen molar-refractivity contribution in [1.82, 2.24) is 5.32 Å². The maximum Gasteiger partial charge on any atom is 0.0991 e. The average molecular weight is 172 g/mol. The summed E-state index contributed by atoms with van der Waals surface area (Å²) >= 11 is 0. The number of benzene rings is 1. The van der Waals surface area contributed by atoms with Crippen molar-refractivity contribution in [3.05, 3.63) is 35.4 Å². The lowest BCUT2D eigenvalue weighted by molar-refractivity contribution is 0.648. The van der Waals surface area contributed by atoms with Crippen LogP contribution >= 0.6 is 0 Å². The molecule has 2 rings (SSSR count). The first-order valence-corrected chi connectivity index (χ1v) is 4.63. The first kappa shape index (κ1) is 8.28. The zero-order valence-electron chi connectivity index (χ0n) is 7.46. The molecule has 0 unspecified atom stereocenters. The van der Waals surface area contributed by atoms with Gasteiger partial charge in [-0.05, 0) is 37.1 Å². The third-order valence-corrected chi connectivity index (χ3v) is 2.50. The van der Waals surface area contributed by atoms with Crippen LogP contribution in [0.15, 0.2) is 24.3 Å². The number of nitriles is 1. The third-order valence-electron chi connectivity index (χ3n) is 2.50. The minimum absolute atomic E-state index is 0.507. The Morgan fingerprint density at radius 1 is 1.31 bits per heavy atom. The monoisotopic (exact) mass is 172 g/mol. The smallest absolute Gasteiger partial charge is 0.0991 e. The molecule has 66 valence electrons. The number of rotatable bonds is 1. The first-order chi connectivity index (χ1) is 6.40. The second kappa shape index (κ2) is 3.59. The van der Waals surface area contributed by atoms with Gasteiger partial charge in [0.25, 0.3) is 0 Å². The van der Waals surface area contributed by atoms with E-state index < -0.39 is 0 Å². The minimum atomic E-state index is 0.507. The summed E-state index contributed by atoms with van der Waals surface area (Å²) in [5.41, 5.74) is 2.04. The number of hydrogen-bond acceptors (Lipinski definition) is 2. The van der Waals surface area contributed by atoms with E-state index >= 15 is 0 Å². The highest BCUT2D eigenvalue weighted by atomic mass is 14.9. The van der Waals surface area contributed by atoms with Crippen LogP contribution in [0.4, 0.5) is 0 Å². The van der Waals surface area contributed by atoms with Gasteiger partial charge in [-0.25, -0.2) is 0 Å². The van der Waals surface area contributed by atoms with Crippen molar-refractivity contribution in [1.29, 1.82) is 5.26 Å². The van der Waals surface area contributed by atoms with E-state index in [1.165, 1.54) is 18.4 Å². The predicted octanol–water partition coefficient (Wildman–Crippen LogP) is 1.98. The van der Waals surface area contributed by atoms with Crippen LogP contribution in [0, 0.1) is 11.3 Å². The normalized spacial score (nSPS) is 21.3. The van der Waals surface area contributed by atoms with E-state index in [0.717, 1.165) is 12.1 Å². The lowest BCUT2D eigenvalue weighted by Gasteiger charge is -2.09. The summed E-state index contributed by atoms with van der Waals surface area (Å²) in [4.78, 5) is 0. The topological polar surface area (TPSA) is 35.8 Å². The molecule has 1 aliphatic rings. The van der Waals surface area contributed by atoms with Crippen molar-refractivity contribution in [3.8, 4) is 6.07 Å². The molecule has 1 aliphatic heterocycles. The highest BCUT2D eigenvalue weighted by molar-refractivity contribution is 5.33.